The van der Waals surface area contributed by atoms with Crippen molar-refractivity contribution in [3.63, 3.8) is 0 Å². The second-order valence-corrected chi connectivity index (χ2v) is 9.16. The topological polar surface area (TPSA) is 64.6 Å². The number of rotatable bonds is 5. The number of hydrogen-bond donors (Lipinski definition) is 1. The van der Waals surface area contributed by atoms with Crippen molar-refractivity contribution in [3.8, 4) is 0 Å². The molecule has 104 valence electrons. The van der Waals surface area contributed by atoms with E-state index in [0.717, 1.165) is 0 Å². The zero-order chi connectivity index (χ0) is 13.9. The molecule has 0 radical (unpaired) electrons. The van der Waals surface area contributed by atoms with Crippen molar-refractivity contribution in [2.24, 2.45) is 5.92 Å². The highest BCUT2D eigenvalue weighted by Crippen LogP contribution is 2.28. The highest BCUT2D eigenvalue weighted by atomic mass is 28.3. The van der Waals surface area contributed by atoms with Gasteiger partial charge in [-0.3, -0.25) is 9.59 Å². The van der Waals surface area contributed by atoms with Gasteiger partial charge in [0.2, 0.25) is 5.91 Å². The third kappa shape index (κ3) is 4.10. The molecule has 6 heteroatoms. The first kappa shape index (κ1) is 15.2. The first-order valence-electron chi connectivity index (χ1n) is 6.31. The molecule has 0 unspecified atom stereocenters. The monoisotopic (exact) mass is 273 g/mol. The van der Waals surface area contributed by atoms with Crippen molar-refractivity contribution in [1.82, 2.24) is 5.32 Å². The second kappa shape index (κ2) is 5.84. The molecule has 1 rings (SSSR count). The lowest BCUT2D eigenvalue weighted by molar-refractivity contribution is -0.168. The van der Waals surface area contributed by atoms with Crippen LogP contribution >= 0.6 is 0 Å². The molecule has 0 aromatic rings. The van der Waals surface area contributed by atoms with Gasteiger partial charge in [0, 0.05) is 13.5 Å². The summed E-state index contributed by atoms with van der Waals surface area (Å²) >= 11 is 0. The Kier molecular flexibility index (Phi) is 4.92. The lowest BCUT2D eigenvalue weighted by Gasteiger charge is -2.36. The molecule has 1 aliphatic heterocycles. The van der Waals surface area contributed by atoms with E-state index in [2.05, 4.69) is 32.6 Å². The highest BCUT2D eigenvalue weighted by molar-refractivity contribution is 6.53. The van der Waals surface area contributed by atoms with Crippen LogP contribution in [0.2, 0.25) is 11.6 Å². The van der Waals surface area contributed by atoms with Crippen LogP contribution in [0.4, 0.5) is 0 Å². The van der Waals surface area contributed by atoms with Gasteiger partial charge < -0.3 is 14.5 Å². The fourth-order valence-electron chi connectivity index (χ4n) is 1.58. The normalized spacial score (nSPS) is 25.1. The Hall–Kier alpha value is -0.883. The second-order valence-electron chi connectivity index (χ2n) is 5.81. The molecule has 0 saturated carbocycles. The van der Waals surface area contributed by atoms with Gasteiger partial charge in [0.25, 0.3) is 0 Å². The SMILES string of the molecule is CC(=O)O[C@H]1NC(=O)[C@@H]1CCO[Si@H](C)C(C)(C)C. The molecule has 0 spiro atoms. The molecule has 0 aromatic carbocycles. The zero-order valence-corrected chi connectivity index (χ0v) is 12.9. The summed E-state index contributed by atoms with van der Waals surface area (Å²) in [6, 6.07) is 0. The summed E-state index contributed by atoms with van der Waals surface area (Å²) in [5.41, 5.74) is 0. The number of esters is 1. The quantitative estimate of drug-likeness (QED) is 0.464. The number of ether oxygens (including phenoxy) is 1. The van der Waals surface area contributed by atoms with E-state index in [1.807, 2.05) is 0 Å². The lowest BCUT2D eigenvalue weighted by Crippen LogP contribution is -2.60. The van der Waals surface area contributed by atoms with Crippen molar-refractivity contribution < 1.29 is 18.8 Å². The van der Waals surface area contributed by atoms with Crippen molar-refractivity contribution in [1.29, 1.82) is 0 Å². The van der Waals surface area contributed by atoms with Crippen LogP contribution < -0.4 is 5.32 Å². The first-order valence-corrected chi connectivity index (χ1v) is 8.51. The summed E-state index contributed by atoms with van der Waals surface area (Å²) < 4.78 is 10.8. The minimum Gasteiger partial charge on any atom is -0.441 e. The summed E-state index contributed by atoms with van der Waals surface area (Å²) in [5, 5.41) is 2.79. The number of carbonyl (C=O) groups excluding carboxylic acids is 2. The molecule has 5 nitrogen and oxygen atoms in total. The van der Waals surface area contributed by atoms with Crippen molar-refractivity contribution >= 4 is 20.9 Å². The van der Waals surface area contributed by atoms with E-state index in [4.69, 9.17) is 9.16 Å². The molecule has 1 aliphatic rings. The van der Waals surface area contributed by atoms with Crippen LogP contribution in [0.1, 0.15) is 34.1 Å². The van der Waals surface area contributed by atoms with E-state index in [1.54, 1.807) is 0 Å². The van der Waals surface area contributed by atoms with Gasteiger partial charge in [-0.2, -0.15) is 0 Å². The summed E-state index contributed by atoms with van der Waals surface area (Å²) in [5.74, 6) is -0.687. The van der Waals surface area contributed by atoms with E-state index in [1.165, 1.54) is 6.92 Å². The summed E-state index contributed by atoms with van der Waals surface area (Å²) in [4.78, 5) is 22.2. The molecule has 0 aliphatic carbocycles. The maximum atomic E-state index is 11.3. The lowest BCUT2D eigenvalue weighted by atomic mass is 9.96. The molecule has 0 aromatic heterocycles. The molecule has 1 amide bonds. The van der Waals surface area contributed by atoms with Crippen LogP contribution in [0.15, 0.2) is 0 Å². The summed E-state index contributed by atoms with van der Waals surface area (Å²) in [6.45, 7) is 10.6. The third-order valence-electron chi connectivity index (χ3n) is 3.30. The molecule has 1 fully saturated rings. The maximum absolute atomic E-state index is 11.3. The fourth-order valence-corrected chi connectivity index (χ4v) is 2.57. The minimum atomic E-state index is -1.25. The van der Waals surface area contributed by atoms with Gasteiger partial charge in [0.15, 0.2) is 15.3 Å². The van der Waals surface area contributed by atoms with Gasteiger partial charge in [0.1, 0.15) is 0 Å². The van der Waals surface area contributed by atoms with Crippen LogP contribution in [-0.4, -0.2) is 33.8 Å². The molecule has 3 atom stereocenters. The Morgan fingerprint density at radius 2 is 2.06 bits per heavy atom. The van der Waals surface area contributed by atoms with Gasteiger partial charge in [0.05, 0.1) is 5.92 Å². The van der Waals surface area contributed by atoms with Gasteiger partial charge in [-0.05, 0) is 18.0 Å². The fraction of sp³-hybridized carbons (Fsp3) is 0.833. The van der Waals surface area contributed by atoms with Crippen molar-refractivity contribution in [2.45, 2.75) is 51.9 Å². The smallest absolute Gasteiger partial charge is 0.304 e. The van der Waals surface area contributed by atoms with E-state index in [9.17, 15) is 9.59 Å². The maximum Gasteiger partial charge on any atom is 0.304 e. The van der Waals surface area contributed by atoms with E-state index < -0.39 is 15.3 Å². The third-order valence-corrected chi connectivity index (χ3v) is 6.47. The van der Waals surface area contributed by atoms with Crippen molar-refractivity contribution in [2.75, 3.05) is 6.61 Å². The largest absolute Gasteiger partial charge is 0.441 e. The standard InChI is InChI=1S/C12H23NO4Si/c1-8(14)17-11-9(10(15)13-11)6-7-16-18(5)12(2,3)4/h9,11,18H,6-7H2,1-5H3,(H,13,15)/t9-,11+,18+/m0/s1. The Balaban J connectivity index is 2.30. The summed E-state index contributed by atoms with van der Waals surface area (Å²) in [7, 11) is -1.25. The number of amides is 1. The van der Waals surface area contributed by atoms with Crippen LogP contribution in [0, 0.1) is 5.92 Å². The van der Waals surface area contributed by atoms with Gasteiger partial charge in [-0.1, -0.05) is 20.8 Å². The van der Waals surface area contributed by atoms with Crippen LogP contribution in [0.25, 0.3) is 0 Å². The Labute approximate surface area is 110 Å². The van der Waals surface area contributed by atoms with E-state index in [-0.39, 0.29) is 22.8 Å². The Bertz CT molecular complexity index is 327. The molecular formula is C12H23NO4Si. The average molecular weight is 273 g/mol. The molecule has 0 bridgehead atoms. The molecule has 1 N–H and O–H groups in total. The van der Waals surface area contributed by atoms with Gasteiger partial charge in [-0.25, -0.2) is 0 Å². The molecule has 1 saturated heterocycles. The number of carbonyl (C=O) groups is 2. The first-order chi connectivity index (χ1) is 8.21. The zero-order valence-electron chi connectivity index (χ0n) is 11.8. The highest BCUT2D eigenvalue weighted by Gasteiger charge is 2.41. The minimum absolute atomic E-state index is 0.0603. The van der Waals surface area contributed by atoms with Gasteiger partial charge in [-0.15, -0.1) is 0 Å². The predicted octanol–water partition coefficient (Wildman–Crippen LogP) is 1.18. The Morgan fingerprint density at radius 3 is 2.50 bits per heavy atom. The summed E-state index contributed by atoms with van der Waals surface area (Å²) in [6.07, 6.45) is 0.141. The van der Waals surface area contributed by atoms with Crippen LogP contribution in [0.5, 0.6) is 0 Å². The number of nitrogens with one attached hydrogen (secondary N) is 1. The van der Waals surface area contributed by atoms with E-state index >= 15 is 0 Å². The average Bonchev–Trinajstić information content (AvgIpc) is 2.21. The van der Waals surface area contributed by atoms with Crippen molar-refractivity contribution in [3.05, 3.63) is 0 Å². The van der Waals surface area contributed by atoms with E-state index in [0.29, 0.717) is 13.0 Å². The number of hydrogen-bond acceptors (Lipinski definition) is 4. The van der Waals surface area contributed by atoms with Crippen LogP contribution in [-0.2, 0) is 18.8 Å². The molecular weight excluding hydrogens is 250 g/mol. The molecule has 1 heterocycles. The van der Waals surface area contributed by atoms with Gasteiger partial charge >= 0.3 is 5.97 Å². The Morgan fingerprint density at radius 1 is 1.44 bits per heavy atom. The predicted molar refractivity (Wildman–Crippen MR) is 70.5 cm³/mol. The number of β-lactam (4-membered cyclic amide) rings is 1. The van der Waals surface area contributed by atoms with Crippen LogP contribution in [0.3, 0.4) is 0 Å². The molecule has 18 heavy (non-hydrogen) atoms.